The molecule has 0 heterocycles. The Morgan fingerprint density at radius 3 is 2.25 bits per heavy atom. The molecular formula is C18H22FN. The van der Waals surface area contributed by atoms with Gasteiger partial charge in [-0.05, 0) is 54.3 Å². The second-order valence-electron chi connectivity index (χ2n) is 5.15. The van der Waals surface area contributed by atoms with Crippen LogP contribution in [-0.2, 0) is 6.42 Å². The lowest BCUT2D eigenvalue weighted by molar-refractivity contribution is 0.602. The van der Waals surface area contributed by atoms with Crippen molar-refractivity contribution in [3.05, 3.63) is 70.5 Å². The van der Waals surface area contributed by atoms with Crippen molar-refractivity contribution >= 4 is 0 Å². The van der Waals surface area contributed by atoms with E-state index in [0.717, 1.165) is 24.1 Å². The van der Waals surface area contributed by atoms with Gasteiger partial charge in [0.15, 0.2) is 0 Å². The van der Waals surface area contributed by atoms with Gasteiger partial charge in [-0.1, -0.05) is 44.2 Å². The zero-order valence-electron chi connectivity index (χ0n) is 12.4. The molecular weight excluding hydrogens is 249 g/mol. The van der Waals surface area contributed by atoms with Crippen LogP contribution in [0.15, 0.2) is 42.5 Å². The smallest absolute Gasteiger partial charge is 0.123 e. The lowest BCUT2D eigenvalue weighted by Crippen LogP contribution is -2.22. The first kappa shape index (κ1) is 14.7. The fraction of sp³-hybridized carbons (Fsp3) is 0.333. The van der Waals surface area contributed by atoms with E-state index in [9.17, 15) is 4.39 Å². The molecule has 0 aliphatic rings. The van der Waals surface area contributed by atoms with Crippen LogP contribution in [0, 0.1) is 12.7 Å². The van der Waals surface area contributed by atoms with E-state index in [4.69, 9.17) is 0 Å². The second kappa shape index (κ2) is 6.67. The summed E-state index contributed by atoms with van der Waals surface area (Å²) in [6.45, 7) is 6.98. The first-order chi connectivity index (χ1) is 9.63. The van der Waals surface area contributed by atoms with Crippen LogP contribution in [0.3, 0.4) is 0 Å². The number of halogens is 1. The summed E-state index contributed by atoms with van der Waals surface area (Å²) in [6, 6.07) is 13.8. The lowest BCUT2D eigenvalue weighted by Gasteiger charge is -2.20. The molecule has 1 atom stereocenters. The van der Waals surface area contributed by atoms with Gasteiger partial charge in [-0.2, -0.15) is 0 Å². The van der Waals surface area contributed by atoms with Crippen LogP contribution < -0.4 is 5.32 Å². The maximum atomic E-state index is 13.6. The van der Waals surface area contributed by atoms with E-state index in [-0.39, 0.29) is 11.9 Å². The molecule has 0 spiro atoms. The first-order valence-electron chi connectivity index (χ1n) is 7.23. The van der Waals surface area contributed by atoms with Crippen LogP contribution in [0.2, 0.25) is 0 Å². The van der Waals surface area contributed by atoms with Crippen molar-refractivity contribution in [2.24, 2.45) is 0 Å². The maximum absolute atomic E-state index is 13.6. The molecule has 1 nitrogen and oxygen atoms in total. The Kier molecular flexibility index (Phi) is 4.91. The van der Waals surface area contributed by atoms with E-state index in [0.29, 0.717) is 0 Å². The fourth-order valence-electron chi connectivity index (χ4n) is 2.51. The largest absolute Gasteiger partial charge is 0.307 e. The maximum Gasteiger partial charge on any atom is 0.123 e. The monoisotopic (exact) mass is 271 g/mol. The Balaban J connectivity index is 2.38. The van der Waals surface area contributed by atoms with Gasteiger partial charge in [-0.3, -0.25) is 0 Å². The van der Waals surface area contributed by atoms with Crippen LogP contribution in [-0.4, -0.2) is 6.54 Å². The fourth-order valence-corrected chi connectivity index (χ4v) is 2.51. The SMILES string of the molecule is CCNC(c1ccc(CC)cc1)c1cc(C)cc(F)c1. The standard InChI is InChI=1S/C18H22FN/c1-4-14-6-8-15(9-7-14)18(20-5-2)16-10-13(3)11-17(19)12-16/h6-12,18,20H,4-5H2,1-3H3. The third-order valence-corrected chi connectivity index (χ3v) is 3.53. The minimum absolute atomic E-state index is 0.0420. The van der Waals surface area contributed by atoms with Gasteiger partial charge in [0.2, 0.25) is 0 Å². The Morgan fingerprint density at radius 2 is 1.70 bits per heavy atom. The minimum Gasteiger partial charge on any atom is -0.307 e. The molecule has 0 fully saturated rings. The summed E-state index contributed by atoms with van der Waals surface area (Å²) in [5.74, 6) is -0.173. The van der Waals surface area contributed by atoms with Crippen molar-refractivity contribution < 1.29 is 4.39 Å². The summed E-state index contributed by atoms with van der Waals surface area (Å²) in [5.41, 5.74) is 4.43. The van der Waals surface area contributed by atoms with Crippen LogP contribution in [0.1, 0.15) is 42.1 Å². The highest BCUT2D eigenvalue weighted by Crippen LogP contribution is 2.24. The van der Waals surface area contributed by atoms with Gasteiger partial charge in [0, 0.05) is 0 Å². The highest BCUT2D eigenvalue weighted by Gasteiger charge is 2.14. The Labute approximate surface area is 120 Å². The van der Waals surface area contributed by atoms with Crippen molar-refractivity contribution in [1.82, 2.24) is 5.32 Å². The molecule has 0 saturated carbocycles. The van der Waals surface area contributed by atoms with Gasteiger partial charge in [-0.15, -0.1) is 0 Å². The summed E-state index contributed by atoms with van der Waals surface area (Å²) in [4.78, 5) is 0. The third kappa shape index (κ3) is 3.45. The summed E-state index contributed by atoms with van der Waals surface area (Å²) in [7, 11) is 0. The number of benzene rings is 2. The second-order valence-corrected chi connectivity index (χ2v) is 5.15. The van der Waals surface area contributed by atoms with Crippen LogP contribution in [0.5, 0.6) is 0 Å². The van der Waals surface area contributed by atoms with Gasteiger partial charge in [0.25, 0.3) is 0 Å². The topological polar surface area (TPSA) is 12.0 Å². The van der Waals surface area contributed by atoms with E-state index >= 15 is 0 Å². The van der Waals surface area contributed by atoms with Crippen LogP contribution >= 0.6 is 0 Å². The van der Waals surface area contributed by atoms with E-state index in [1.165, 1.54) is 11.1 Å². The molecule has 2 aromatic rings. The highest BCUT2D eigenvalue weighted by molar-refractivity contribution is 5.35. The Morgan fingerprint density at radius 1 is 1.00 bits per heavy atom. The van der Waals surface area contributed by atoms with Gasteiger partial charge in [0.05, 0.1) is 6.04 Å². The van der Waals surface area contributed by atoms with Gasteiger partial charge >= 0.3 is 0 Å². The quantitative estimate of drug-likeness (QED) is 0.850. The van der Waals surface area contributed by atoms with Crippen LogP contribution in [0.25, 0.3) is 0 Å². The summed E-state index contributed by atoms with van der Waals surface area (Å²) >= 11 is 0. The first-order valence-corrected chi connectivity index (χ1v) is 7.23. The third-order valence-electron chi connectivity index (χ3n) is 3.53. The molecule has 106 valence electrons. The van der Waals surface area contributed by atoms with Crippen molar-refractivity contribution in [1.29, 1.82) is 0 Å². The number of aryl methyl sites for hydroxylation is 2. The number of hydrogen-bond donors (Lipinski definition) is 1. The Hall–Kier alpha value is -1.67. The summed E-state index contributed by atoms with van der Waals surface area (Å²) in [5, 5.41) is 3.44. The molecule has 0 saturated heterocycles. The highest BCUT2D eigenvalue weighted by atomic mass is 19.1. The molecule has 0 aromatic heterocycles. The lowest BCUT2D eigenvalue weighted by atomic mass is 9.96. The van der Waals surface area contributed by atoms with E-state index in [1.54, 1.807) is 12.1 Å². The van der Waals surface area contributed by atoms with Crippen molar-refractivity contribution in [2.45, 2.75) is 33.2 Å². The molecule has 0 bridgehead atoms. The normalized spacial score (nSPS) is 12.4. The molecule has 0 aliphatic heterocycles. The zero-order chi connectivity index (χ0) is 14.5. The minimum atomic E-state index is -0.173. The van der Waals surface area contributed by atoms with Gasteiger partial charge in [-0.25, -0.2) is 4.39 Å². The van der Waals surface area contributed by atoms with E-state index < -0.39 is 0 Å². The molecule has 2 aromatic carbocycles. The molecule has 2 rings (SSSR count). The molecule has 0 aliphatic carbocycles. The van der Waals surface area contributed by atoms with Crippen LogP contribution in [0.4, 0.5) is 4.39 Å². The molecule has 20 heavy (non-hydrogen) atoms. The van der Waals surface area contributed by atoms with Gasteiger partial charge in [0.1, 0.15) is 5.82 Å². The van der Waals surface area contributed by atoms with Crippen molar-refractivity contribution in [2.75, 3.05) is 6.54 Å². The molecule has 2 heteroatoms. The molecule has 1 unspecified atom stereocenters. The molecule has 0 radical (unpaired) electrons. The molecule has 0 amide bonds. The van der Waals surface area contributed by atoms with E-state index in [2.05, 4.69) is 43.4 Å². The summed E-state index contributed by atoms with van der Waals surface area (Å²) in [6.07, 6.45) is 1.03. The predicted molar refractivity (Wildman–Crippen MR) is 82.5 cm³/mol. The summed E-state index contributed by atoms with van der Waals surface area (Å²) < 4.78 is 13.6. The predicted octanol–water partition coefficient (Wildman–Crippen LogP) is 4.40. The van der Waals surface area contributed by atoms with Crippen molar-refractivity contribution in [3.8, 4) is 0 Å². The average molecular weight is 271 g/mol. The molecule has 1 N–H and O–H groups in total. The van der Waals surface area contributed by atoms with Crippen molar-refractivity contribution in [3.63, 3.8) is 0 Å². The average Bonchev–Trinajstić information content (AvgIpc) is 2.44. The number of nitrogens with one attached hydrogen (secondary N) is 1. The Bertz CT molecular complexity index is 540. The van der Waals surface area contributed by atoms with Gasteiger partial charge < -0.3 is 5.32 Å². The number of rotatable bonds is 5. The number of hydrogen-bond acceptors (Lipinski definition) is 1. The zero-order valence-corrected chi connectivity index (χ0v) is 12.4. The van der Waals surface area contributed by atoms with E-state index in [1.807, 2.05) is 13.0 Å².